The van der Waals surface area contributed by atoms with Crippen molar-refractivity contribution in [3.63, 3.8) is 0 Å². The number of rotatable bonds is 6. The largest absolute Gasteiger partial charge is 0.490 e. The van der Waals surface area contributed by atoms with Crippen LogP contribution in [-0.2, 0) is 11.0 Å². The van der Waals surface area contributed by atoms with E-state index in [4.69, 9.17) is 4.74 Å². The highest BCUT2D eigenvalue weighted by atomic mass is 19.4. The minimum absolute atomic E-state index is 0.0623. The third-order valence-electron chi connectivity index (χ3n) is 5.91. The lowest BCUT2D eigenvalue weighted by Gasteiger charge is -2.38. The Bertz CT molecular complexity index is 1020. The summed E-state index contributed by atoms with van der Waals surface area (Å²) in [4.78, 5) is 30.1. The summed E-state index contributed by atoms with van der Waals surface area (Å²) < 4.78 is 43.1. The fraction of sp³-hybridized carbons (Fsp3) is 0.571. The van der Waals surface area contributed by atoms with Gasteiger partial charge in [-0.1, -0.05) is 13.8 Å². The summed E-state index contributed by atoms with van der Waals surface area (Å²) in [7, 11) is 1.86. The second-order valence-electron chi connectivity index (χ2n) is 8.85. The maximum atomic E-state index is 12.5. The molecular formula is C21H26F3N7O2. The number of aromatic nitrogens is 4. The maximum Gasteiger partial charge on any atom is 0.451 e. The summed E-state index contributed by atoms with van der Waals surface area (Å²) >= 11 is 0. The van der Waals surface area contributed by atoms with Gasteiger partial charge in [-0.3, -0.25) is 4.79 Å². The van der Waals surface area contributed by atoms with Crippen LogP contribution in [0.5, 0.6) is 5.75 Å². The molecule has 178 valence electrons. The zero-order valence-corrected chi connectivity index (χ0v) is 18.8. The monoisotopic (exact) mass is 465 g/mol. The molecule has 0 saturated heterocycles. The molecule has 1 fully saturated rings. The fourth-order valence-corrected chi connectivity index (χ4v) is 4.20. The minimum Gasteiger partial charge on any atom is -0.490 e. The van der Waals surface area contributed by atoms with E-state index in [-0.39, 0.29) is 35.6 Å². The average molecular weight is 465 g/mol. The van der Waals surface area contributed by atoms with E-state index in [1.165, 1.54) is 0 Å². The van der Waals surface area contributed by atoms with E-state index >= 15 is 0 Å². The van der Waals surface area contributed by atoms with Gasteiger partial charge in [0.15, 0.2) is 11.6 Å². The van der Waals surface area contributed by atoms with Crippen molar-refractivity contribution in [1.82, 2.24) is 19.9 Å². The molecule has 0 spiro atoms. The van der Waals surface area contributed by atoms with E-state index in [0.717, 1.165) is 25.2 Å². The Kier molecular flexibility index (Phi) is 6.02. The van der Waals surface area contributed by atoms with E-state index in [1.807, 2.05) is 32.7 Å². The number of amides is 1. The number of anilines is 3. The van der Waals surface area contributed by atoms with Crippen LogP contribution in [-0.4, -0.2) is 51.6 Å². The zero-order valence-electron chi connectivity index (χ0n) is 18.8. The second-order valence-corrected chi connectivity index (χ2v) is 8.85. The van der Waals surface area contributed by atoms with Crippen LogP contribution >= 0.6 is 0 Å². The molecule has 9 nitrogen and oxygen atoms in total. The molecule has 3 heterocycles. The molecule has 1 aliphatic heterocycles. The SMILES string of the molecule is Cc1nc(N[C@H]2C[C@@H](COc3cnc(C(F)(F)F)nc3)C2)nc2c1NC(=O)[C@H](C(C)C)N2C. The number of alkyl halides is 3. The van der Waals surface area contributed by atoms with Crippen molar-refractivity contribution in [3.8, 4) is 5.75 Å². The zero-order chi connectivity index (χ0) is 23.9. The highest BCUT2D eigenvalue weighted by Crippen LogP contribution is 2.36. The predicted molar refractivity (Wildman–Crippen MR) is 115 cm³/mol. The Morgan fingerprint density at radius 3 is 2.52 bits per heavy atom. The molecule has 1 saturated carbocycles. The standard InChI is InChI=1S/C21H26F3N7O2/c1-10(2)16-18(32)29-15-11(3)27-20(30-17(15)31(16)4)28-13-5-12(6-13)9-33-14-7-25-19(26-8-14)21(22,23)24/h7-8,10,12-13,16H,5-6,9H2,1-4H3,(H,29,32)(H,27,28,30)/t12-,13+,16-/m0/s1. The summed E-state index contributed by atoms with van der Waals surface area (Å²) in [6.45, 7) is 6.18. The summed E-state index contributed by atoms with van der Waals surface area (Å²) in [5, 5.41) is 6.26. The van der Waals surface area contributed by atoms with Crippen molar-refractivity contribution in [3.05, 3.63) is 23.9 Å². The normalized spacial score (nSPS) is 22.5. The lowest BCUT2D eigenvalue weighted by atomic mass is 9.81. The lowest BCUT2D eigenvalue weighted by Crippen LogP contribution is -2.50. The van der Waals surface area contributed by atoms with Crippen LogP contribution in [0.2, 0.25) is 0 Å². The number of carbonyl (C=O) groups excluding carboxylic acids is 1. The van der Waals surface area contributed by atoms with Gasteiger partial charge in [0, 0.05) is 13.1 Å². The number of carbonyl (C=O) groups is 1. The first kappa shape index (κ1) is 23.0. The minimum atomic E-state index is -4.57. The van der Waals surface area contributed by atoms with Crippen LogP contribution in [0.1, 0.15) is 38.2 Å². The van der Waals surface area contributed by atoms with Gasteiger partial charge in [-0.2, -0.15) is 18.2 Å². The number of nitrogens with one attached hydrogen (secondary N) is 2. The molecular weight excluding hydrogens is 439 g/mol. The van der Waals surface area contributed by atoms with Crippen molar-refractivity contribution in [2.45, 2.75) is 51.9 Å². The lowest BCUT2D eigenvalue weighted by molar-refractivity contribution is -0.145. The van der Waals surface area contributed by atoms with Gasteiger partial charge in [0.05, 0.1) is 24.7 Å². The Morgan fingerprint density at radius 1 is 1.24 bits per heavy atom. The third-order valence-corrected chi connectivity index (χ3v) is 5.91. The average Bonchev–Trinajstić information content (AvgIpc) is 2.70. The summed E-state index contributed by atoms with van der Waals surface area (Å²) in [5.41, 5.74) is 1.31. The maximum absolute atomic E-state index is 12.5. The highest BCUT2D eigenvalue weighted by Gasteiger charge is 2.37. The fourth-order valence-electron chi connectivity index (χ4n) is 4.20. The van der Waals surface area contributed by atoms with Crippen molar-refractivity contribution in [2.24, 2.45) is 11.8 Å². The molecule has 0 aromatic carbocycles. The molecule has 2 N–H and O–H groups in total. The first-order valence-electron chi connectivity index (χ1n) is 10.7. The van der Waals surface area contributed by atoms with Crippen LogP contribution in [0.15, 0.2) is 12.4 Å². The summed E-state index contributed by atoms with van der Waals surface area (Å²) in [5.74, 6) is 0.508. The number of halogens is 3. The Balaban J connectivity index is 1.32. The number of hydrogen-bond donors (Lipinski definition) is 2. The smallest absolute Gasteiger partial charge is 0.451 e. The van der Waals surface area contributed by atoms with Gasteiger partial charge in [-0.05, 0) is 31.6 Å². The molecule has 0 bridgehead atoms. The summed E-state index contributed by atoms with van der Waals surface area (Å²) in [6, 6.07) is -0.150. The van der Waals surface area contributed by atoms with Gasteiger partial charge in [0.25, 0.3) is 0 Å². The predicted octanol–water partition coefficient (Wildman–Crippen LogP) is 3.28. The molecule has 4 rings (SSSR count). The van der Waals surface area contributed by atoms with Crippen LogP contribution in [0, 0.1) is 18.8 Å². The van der Waals surface area contributed by atoms with Gasteiger partial charge < -0.3 is 20.3 Å². The summed E-state index contributed by atoms with van der Waals surface area (Å²) in [6.07, 6.45) is -0.885. The number of likely N-dealkylation sites (N-methyl/N-ethyl adjacent to an activating group) is 1. The van der Waals surface area contributed by atoms with Crippen LogP contribution < -0.4 is 20.3 Å². The van der Waals surface area contributed by atoms with Gasteiger partial charge in [0.2, 0.25) is 17.7 Å². The second kappa shape index (κ2) is 8.64. The number of ether oxygens (including phenoxy) is 1. The topological polar surface area (TPSA) is 105 Å². The highest BCUT2D eigenvalue weighted by molar-refractivity contribution is 6.03. The first-order chi connectivity index (χ1) is 15.5. The van der Waals surface area contributed by atoms with E-state index in [0.29, 0.717) is 29.8 Å². The molecule has 1 aliphatic carbocycles. The number of nitrogens with zero attached hydrogens (tertiary/aromatic N) is 5. The molecule has 1 amide bonds. The van der Waals surface area contributed by atoms with Crippen molar-refractivity contribution >= 4 is 23.4 Å². The van der Waals surface area contributed by atoms with Crippen molar-refractivity contribution in [1.29, 1.82) is 0 Å². The molecule has 33 heavy (non-hydrogen) atoms. The number of hydrogen-bond acceptors (Lipinski definition) is 8. The van der Waals surface area contributed by atoms with Gasteiger partial charge in [0.1, 0.15) is 11.7 Å². The molecule has 2 aliphatic rings. The quantitative estimate of drug-likeness (QED) is 0.670. The molecule has 0 radical (unpaired) electrons. The Hall–Kier alpha value is -3.18. The van der Waals surface area contributed by atoms with E-state index in [1.54, 1.807) is 0 Å². The molecule has 12 heteroatoms. The van der Waals surface area contributed by atoms with Gasteiger partial charge in [-0.15, -0.1) is 0 Å². The third kappa shape index (κ3) is 4.79. The van der Waals surface area contributed by atoms with Crippen LogP contribution in [0.25, 0.3) is 0 Å². The van der Waals surface area contributed by atoms with Crippen molar-refractivity contribution in [2.75, 3.05) is 29.2 Å². The van der Waals surface area contributed by atoms with E-state index < -0.39 is 12.0 Å². The Morgan fingerprint density at radius 2 is 1.91 bits per heavy atom. The Labute approximate surface area is 189 Å². The molecule has 2 aromatic heterocycles. The number of aryl methyl sites for hydroxylation is 1. The van der Waals surface area contributed by atoms with Crippen molar-refractivity contribution < 1.29 is 22.7 Å². The van der Waals surface area contributed by atoms with Crippen LogP contribution in [0.4, 0.5) is 30.6 Å². The van der Waals surface area contributed by atoms with E-state index in [9.17, 15) is 18.0 Å². The first-order valence-corrected chi connectivity index (χ1v) is 10.7. The van der Waals surface area contributed by atoms with Gasteiger partial charge in [-0.25, -0.2) is 15.0 Å². The van der Waals surface area contributed by atoms with Gasteiger partial charge >= 0.3 is 6.18 Å². The molecule has 0 unspecified atom stereocenters. The molecule has 2 aromatic rings. The number of fused-ring (bicyclic) bond motifs is 1. The molecule has 1 atom stereocenters. The van der Waals surface area contributed by atoms with E-state index in [2.05, 4.69) is 30.6 Å². The van der Waals surface area contributed by atoms with Crippen LogP contribution in [0.3, 0.4) is 0 Å².